The molecule has 0 saturated heterocycles. The Morgan fingerprint density at radius 2 is 1.67 bits per heavy atom. The van der Waals surface area contributed by atoms with Gasteiger partial charge in [0.05, 0.1) is 17.3 Å². The Kier molecular flexibility index (Phi) is 3.80. The lowest BCUT2D eigenvalue weighted by atomic mass is 10.1. The summed E-state index contributed by atoms with van der Waals surface area (Å²) < 4.78 is 31.1. The second-order valence-corrected chi connectivity index (χ2v) is 8.24. The lowest BCUT2D eigenvalue weighted by Gasteiger charge is -2.05. The molecule has 1 aliphatic rings. The first-order valence-corrected chi connectivity index (χ1v) is 9.00. The van der Waals surface area contributed by atoms with Crippen molar-refractivity contribution in [3.05, 3.63) is 58.6 Å². The highest BCUT2D eigenvalue weighted by Crippen LogP contribution is 2.48. The summed E-state index contributed by atoms with van der Waals surface area (Å²) in [4.78, 5) is 0.395. The average molecular weight is 367 g/mol. The number of hydrogen-bond acceptors (Lipinski definition) is 3. The summed E-state index contributed by atoms with van der Waals surface area (Å²) in [5.41, 5.74) is 1.06. The lowest BCUT2D eigenvalue weighted by Crippen LogP contribution is -2.09. The van der Waals surface area contributed by atoms with Crippen molar-refractivity contribution >= 4 is 25.8 Å². The predicted molar refractivity (Wildman–Crippen MR) is 85.5 cm³/mol. The fourth-order valence-corrected chi connectivity index (χ4v) is 4.70. The molecule has 1 aliphatic carbocycles. The van der Waals surface area contributed by atoms with Crippen LogP contribution in [0.5, 0.6) is 5.75 Å². The number of benzene rings is 2. The molecule has 0 heterocycles. The Hall–Kier alpha value is -1.33. The summed E-state index contributed by atoms with van der Waals surface area (Å²) in [5, 5.41) is -0.313. The fourth-order valence-electron chi connectivity index (χ4n) is 2.52. The normalized spacial score (nSPS) is 21.0. The highest BCUT2D eigenvalue weighted by molar-refractivity contribution is 9.10. The van der Waals surface area contributed by atoms with E-state index >= 15 is 0 Å². The molecule has 0 amide bonds. The summed E-state index contributed by atoms with van der Waals surface area (Å²) in [6, 6.07) is 14.5. The minimum absolute atomic E-state index is 0.0875. The molecule has 1 saturated carbocycles. The molecule has 110 valence electrons. The standard InChI is InChI=1S/C16H15BrO3S/c1-20-13-6-2-11(3-7-13)15-10-16(15)21(18,19)14-8-4-12(17)5-9-14/h2-9,15-16H,10H2,1H3/t15-,16+/m1/s1. The van der Waals surface area contributed by atoms with Gasteiger partial charge < -0.3 is 4.74 Å². The maximum absolute atomic E-state index is 12.6. The van der Waals surface area contributed by atoms with E-state index in [-0.39, 0.29) is 11.2 Å². The van der Waals surface area contributed by atoms with Gasteiger partial charge in [0.25, 0.3) is 0 Å². The van der Waals surface area contributed by atoms with Gasteiger partial charge in [-0.05, 0) is 48.4 Å². The molecule has 1 fully saturated rings. The molecule has 2 aromatic rings. The van der Waals surface area contributed by atoms with Crippen molar-refractivity contribution in [2.75, 3.05) is 7.11 Å². The van der Waals surface area contributed by atoms with Crippen LogP contribution in [-0.2, 0) is 9.84 Å². The zero-order chi connectivity index (χ0) is 15.0. The number of ether oxygens (including phenoxy) is 1. The summed E-state index contributed by atoms with van der Waals surface area (Å²) in [6.45, 7) is 0. The van der Waals surface area contributed by atoms with Crippen molar-refractivity contribution in [1.82, 2.24) is 0 Å². The van der Waals surface area contributed by atoms with Crippen LogP contribution in [0.3, 0.4) is 0 Å². The molecule has 0 bridgehead atoms. The van der Waals surface area contributed by atoms with E-state index in [9.17, 15) is 8.42 Å². The molecular formula is C16H15BrO3S. The van der Waals surface area contributed by atoms with E-state index in [0.717, 1.165) is 15.8 Å². The SMILES string of the molecule is COc1ccc([C@H]2C[C@@H]2S(=O)(=O)c2ccc(Br)cc2)cc1. The molecule has 0 spiro atoms. The monoisotopic (exact) mass is 366 g/mol. The Bertz CT molecular complexity index is 736. The average Bonchev–Trinajstić information content (AvgIpc) is 3.29. The summed E-state index contributed by atoms with van der Waals surface area (Å²) >= 11 is 3.32. The van der Waals surface area contributed by atoms with Gasteiger partial charge in [-0.25, -0.2) is 8.42 Å². The minimum Gasteiger partial charge on any atom is -0.497 e. The summed E-state index contributed by atoms with van der Waals surface area (Å²) in [5.74, 6) is 0.872. The van der Waals surface area contributed by atoms with Crippen LogP contribution in [0.2, 0.25) is 0 Å². The molecule has 3 nitrogen and oxygen atoms in total. The van der Waals surface area contributed by atoms with Gasteiger partial charge in [0, 0.05) is 10.4 Å². The van der Waals surface area contributed by atoms with Crippen LogP contribution >= 0.6 is 15.9 Å². The Balaban J connectivity index is 1.81. The number of rotatable bonds is 4. The smallest absolute Gasteiger partial charge is 0.181 e. The third-order valence-electron chi connectivity index (χ3n) is 3.82. The Morgan fingerprint density at radius 1 is 1.05 bits per heavy atom. The van der Waals surface area contributed by atoms with Gasteiger partial charge in [-0.3, -0.25) is 0 Å². The van der Waals surface area contributed by atoms with E-state index in [1.54, 1.807) is 31.4 Å². The Morgan fingerprint density at radius 3 is 2.24 bits per heavy atom. The van der Waals surface area contributed by atoms with Gasteiger partial charge in [-0.15, -0.1) is 0 Å². The van der Waals surface area contributed by atoms with Crippen molar-refractivity contribution in [1.29, 1.82) is 0 Å². The molecule has 0 aliphatic heterocycles. The van der Waals surface area contributed by atoms with Crippen LogP contribution < -0.4 is 4.74 Å². The van der Waals surface area contributed by atoms with Crippen LogP contribution in [0.25, 0.3) is 0 Å². The molecule has 0 N–H and O–H groups in total. The Labute approximate surface area is 133 Å². The van der Waals surface area contributed by atoms with Crippen molar-refractivity contribution in [2.24, 2.45) is 0 Å². The number of hydrogen-bond donors (Lipinski definition) is 0. The van der Waals surface area contributed by atoms with E-state index in [4.69, 9.17) is 4.74 Å². The van der Waals surface area contributed by atoms with E-state index in [0.29, 0.717) is 11.3 Å². The molecular weight excluding hydrogens is 352 g/mol. The quantitative estimate of drug-likeness (QED) is 0.826. The van der Waals surface area contributed by atoms with E-state index < -0.39 is 9.84 Å². The van der Waals surface area contributed by atoms with E-state index in [2.05, 4.69) is 15.9 Å². The van der Waals surface area contributed by atoms with Gasteiger partial charge in [-0.1, -0.05) is 28.1 Å². The zero-order valence-corrected chi connectivity index (χ0v) is 13.9. The lowest BCUT2D eigenvalue weighted by molar-refractivity contribution is 0.414. The molecule has 0 unspecified atom stereocenters. The molecule has 0 radical (unpaired) electrons. The van der Waals surface area contributed by atoms with Gasteiger partial charge in [0.15, 0.2) is 9.84 Å². The third kappa shape index (κ3) is 2.85. The topological polar surface area (TPSA) is 43.4 Å². The molecule has 2 atom stereocenters. The second-order valence-electron chi connectivity index (χ2n) is 5.15. The molecule has 2 aromatic carbocycles. The second kappa shape index (κ2) is 5.46. The number of sulfone groups is 1. The van der Waals surface area contributed by atoms with Crippen LogP contribution in [0.4, 0.5) is 0 Å². The van der Waals surface area contributed by atoms with Gasteiger partial charge in [0.2, 0.25) is 0 Å². The third-order valence-corrected chi connectivity index (χ3v) is 6.59. The van der Waals surface area contributed by atoms with Crippen LogP contribution in [0.15, 0.2) is 57.9 Å². The fraction of sp³-hybridized carbons (Fsp3) is 0.250. The minimum atomic E-state index is -3.25. The van der Waals surface area contributed by atoms with Crippen molar-refractivity contribution in [3.63, 3.8) is 0 Å². The summed E-state index contributed by atoms with van der Waals surface area (Å²) in [6.07, 6.45) is 0.685. The molecule has 5 heteroatoms. The largest absolute Gasteiger partial charge is 0.497 e. The van der Waals surface area contributed by atoms with Gasteiger partial charge in [-0.2, -0.15) is 0 Å². The van der Waals surface area contributed by atoms with E-state index in [1.165, 1.54) is 0 Å². The zero-order valence-electron chi connectivity index (χ0n) is 11.5. The maximum Gasteiger partial charge on any atom is 0.181 e. The number of halogens is 1. The highest BCUT2D eigenvalue weighted by Gasteiger charge is 2.48. The van der Waals surface area contributed by atoms with Crippen molar-refractivity contribution in [2.45, 2.75) is 22.5 Å². The highest BCUT2D eigenvalue weighted by atomic mass is 79.9. The van der Waals surface area contributed by atoms with Gasteiger partial charge in [0.1, 0.15) is 5.75 Å². The predicted octanol–water partition coefficient (Wildman–Crippen LogP) is 3.79. The first-order valence-electron chi connectivity index (χ1n) is 6.66. The number of methoxy groups -OCH3 is 1. The first kappa shape index (κ1) is 14.6. The maximum atomic E-state index is 12.6. The molecule has 3 rings (SSSR count). The molecule has 21 heavy (non-hydrogen) atoms. The first-order chi connectivity index (χ1) is 10.0. The van der Waals surface area contributed by atoms with Crippen LogP contribution in [-0.4, -0.2) is 20.8 Å². The van der Waals surface area contributed by atoms with Crippen LogP contribution in [0.1, 0.15) is 17.9 Å². The molecule has 0 aromatic heterocycles. The van der Waals surface area contributed by atoms with E-state index in [1.807, 2.05) is 24.3 Å². The van der Waals surface area contributed by atoms with Crippen LogP contribution in [0, 0.1) is 0 Å². The van der Waals surface area contributed by atoms with Crippen molar-refractivity contribution in [3.8, 4) is 5.75 Å². The van der Waals surface area contributed by atoms with Crippen molar-refractivity contribution < 1.29 is 13.2 Å². The van der Waals surface area contributed by atoms with Gasteiger partial charge >= 0.3 is 0 Å². The summed E-state index contributed by atoms with van der Waals surface area (Å²) in [7, 11) is -1.63.